The van der Waals surface area contributed by atoms with E-state index in [9.17, 15) is 4.79 Å². The van der Waals surface area contributed by atoms with Crippen LogP contribution in [0.25, 0.3) is 0 Å². The first kappa shape index (κ1) is 18.8. The number of hydrogen-bond donors (Lipinski definition) is 3. The van der Waals surface area contributed by atoms with Crippen molar-refractivity contribution in [2.75, 3.05) is 17.2 Å². The van der Waals surface area contributed by atoms with Crippen molar-refractivity contribution in [1.82, 2.24) is 0 Å². The smallest absolute Gasteiger partial charge is 0.323 e. The molecule has 2 atom stereocenters. The lowest BCUT2D eigenvalue weighted by molar-refractivity contribution is 0.262. The number of carbonyl (C=O) groups is 1. The zero-order valence-electron chi connectivity index (χ0n) is 15.7. The number of nitrogens with one attached hydrogen (secondary N) is 2. The Morgan fingerprint density at radius 1 is 1.15 bits per heavy atom. The van der Waals surface area contributed by atoms with E-state index in [2.05, 4.69) is 34.7 Å². The molecule has 142 valence electrons. The highest BCUT2D eigenvalue weighted by Gasteiger charge is 2.21. The molecule has 0 radical (unpaired) electrons. The van der Waals surface area contributed by atoms with Crippen molar-refractivity contribution < 1.29 is 9.53 Å². The summed E-state index contributed by atoms with van der Waals surface area (Å²) in [5.74, 6) is 0.378. The van der Waals surface area contributed by atoms with E-state index < -0.39 is 0 Å². The number of urea groups is 1. The second-order valence-corrected chi connectivity index (χ2v) is 6.84. The van der Waals surface area contributed by atoms with Crippen molar-refractivity contribution in [1.29, 1.82) is 0 Å². The first-order valence-corrected chi connectivity index (χ1v) is 9.24. The first-order valence-electron chi connectivity index (χ1n) is 9.24. The van der Waals surface area contributed by atoms with Gasteiger partial charge in [-0.25, -0.2) is 9.79 Å². The van der Waals surface area contributed by atoms with Gasteiger partial charge in [0.25, 0.3) is 6.02 Å². The summed E-state index contributed by atoms with van der Waals surface area (Å²) in [6.45, 7) is 4.73. The van der Waals surface area contributed by atoms with Crippen LogP contribution >= 0.6 is 0 Å². The number of aliphatic imine (C=N–C) groups is 1. The Morgan fingerprint density at radius 3 is 2.26 bits per heavy atom. The van der Waals surface area contributed by atoms with Gasteiger partial charge in [0, 0.05) is 11.4 Å². The summed E-state index contributed by atoms with van der Waals surface area (Å²) in [6.07, 6.45) is 1.91. The predicted octanol–water partition coefficient (Wildman–Crippen LogP) is 4.24. The van der Waals surface area contributed by atoms with Gasteiger partial charge in [0.15, 0.2) is 0 Å². The fourth-order valence-electron chi connectivity index (χ4n) is 3.19. The zero-order chi connectivity index (χ0) is 19.2. The lowest BCUT2D eigenvalue weighted by Crippen LogP contribution is -2.19. The Kier molecular flexibility index (Phi) is 5.96. The minimum Gasteiger partial charge on any atom is -0.463 e. The number of anilines is 2. The Labute approximate surface area is 159 Å². The van der Waals surface area contributed by atoms with Crippen LogP contribution in [-0.2, 0) is 4.74 Å². The van der Waals surface area contributed by atoms with Gasteiger partial charge in [-0.15, -0.1) is 0 Å². The third kappa shape index (κ3) is 5.23. The van der Waals surface area contributed by atoms with Crippen molar-refractivity contribution in [2.24, 2.45) is 10.7 Å². The molecule has 0 fully saturated rings. The molecule has 0 aliphatic carbocycles. The van der Waals surface area contributed by atoms with Gasteiger partial charge >= 0.3 is 6.03 Å². The second kappa shape index (κ2) is 8.58. The Morgan fingerprint density at radius 2 is 1.74 bits per heavy atom. The first-order chi connectivity index (χ1) is 13.0. The maximum atomic E-state index is 12.1. The highest BCUT2D eigenvalue weighted by molar-refractivity contribution is 5.99. The standard InChI is InChI=1S/C21H26N4O2/c1-3-15(12-19-13-27-20(22)23-19)16-6-10-18(11-7-16)25-21(26)24-17-8-4-14(2)5-9-17/h4-11,15,19H,3,12-13H2,1-2H3,(H2,22,23)(H2,24,25,26)/t15-,19-/m0/s1. The molecule has 0 spiro atoms. The van der Waals surface area contributed by atoms with Gasteiger partial charge in [-0.1, -0.05) is 36.8 Å². The van der Waals surface area contributed by atoms with Gasteiger partial charge in [-0.3, -0.25) is 0 Å². The third-order valence-corrected chi connectivity index (χ3v) is 4.73. The maximum absolute atomic E-state index is 12.1. The Balaban J connectivity index is 1.57. The van der Waals surface area contributed by atoms with E-state index in [1.54, 1.807) is 0 Å². The average Bonchev–Trinajstić information content (AvgIpc) is 3.07. The van der Waals surface area contributed by atoms with Crippen LogP contribution in [0.4, 0.5) is 16.2 Å². The largest absolute Gasteiger partial charge is 0.463 e. The summed E-state index contributed by atoms with van der Waals surface area (Å²) in [5.41, 5.74) is 9.49. The van der Waals surface area contributed by atoms with Gasteiger partial charge in [0.2, 0.25) is 0 Å². The molecule has 3 rings (SSSR count). The quantitative estimate of drug-likeness (QED) is 0.714. The van der Waals surface area contributed by atoms with Crippen LogP contribution in [0.5, 0.6) is 0 Å². The minimum absolute atomic E-state index is 0.119. The van der Waals surface area contributed by atoms with Crippen molar-refractivity contribution in [2.45, 2.75) is 38.6 Å². The molecule has 6 heteroatoms. The summed E-state index contributed by atoms with van der Waals surface area (Å²) >= 11 is 0. The second-order valence-electron chi connectivity index (χ2n) is 6.84. The van der Waals surface area contributed by atoms with E-state index in [0.29, 0.717) is 12.5 Å². The van der Waals surface area contributed by atoms with E-state index in [-0.39, 0.29) is 18.1 Å². The van der Waals surface area contributed by atoms with E-state index >= 15 is 0 Å². The van der Waals surface area contributed by atoms with Crippen molar-refractivity contribution >= 4 is 23.4 Å². The summed E-state index contributed by atoms with van der Waals surface area (Å²) < 4.78 is 5.24. The van der Waals surface area contributed by atoms with Crippen LogP contribution < -0.4 is 16.4 Å². The number of amides is 2. The number of rotatable bonds is 6. The molecule has 0 unspecified atom stereocenters. The number of nitrogens with zero attached hydrogens (tertiary/aromatic N) is 1. The summed E-state index contributed by atoms with van der Waals surface area (Å²) in [7, 11) is 0. The molecule has 0 bridgehead atoms. The molecule has 4 N–H and O–H groups in total. The topological polar surface area (TPSA) is 88.7 Å². The van der Waals surface area contributed by atoms with E-state index in [1.165, 1.54) is 5.56 Å². The molecule has 2 aromatic rings. The van der Waals surface area contributed by atoms with Gasteiger partial charge in [0.05, 0.1) is 6.04 Å². The number of carbonyl (C=O) groups excluding carboxylic acids is 1. The molecule has 1 aliphatic rings. The predicted molar refractivity (Wildman–Crippen MR) is 109 cm³/mol. The lowest BCUT2D eigenvalue weighted by Gasteiger charge is -2.18. The monoisotopic (exact) mass is 366 g/mol. The number of hydrogen-bond acceptors (Lipinski definition) is 4. The normalized spacial score (nSPS) is 17.0. The molecular weight excluding hydrogens is 340 g/mol. The Hall–Kier alpha value is -3.02. The van der Waals surface area contributed by atoms with Crippen LogP contribution in [0, 0.1) is 6.92 Å². The number of benzene rings is 2. The van der Waals surface area contributed by atoms with Crippen LogP contribution in [-0.4, -0.2) is 24.7 Å². The van der Waals surface area contributed by atoms with Crippen molar-refractivity contribution in [3.63, 3.8) is 0 Å². The van der Waals surface area contributed by atoms with Crippen LogP contribution in [0.2, 0.25) is 0 Å². The van der Waals surface area contributed by atoms with Gasteiger partial charge < -0.3 is 21.1 Å². The molecule has 0 saturated carbocycles. The molecule has 2 amide bonds. The summed E-state index contributed by atoms with van der Waals surface area (Å²) in [5, 5.41) is 5.69. The Bertz CT molecular complexity index is 800. The molecule has 0 aromatic heterocycles. The van der Waals surface area contributed by atoms with Crippen molar-refractivity contribution in [3.05, 3.63) is 59.7 Å². The maximum Gasteiger partial charge on any atom is 0.323 e. The third-order valence-electron chi connectivity index (χ3n) is 4.73. The average molecular weight is 366 g/mol. The molecular formula is C21H26N4O2. The number of ether oxygens (including phenoxy) is 1. The van der Waals surface area contributed by atoms with Gasteiger partial charge in [0.1, 0.15) is 6.61 Å². The highest BCUT2D eigenvalue weighted by atomic mass is 16.5. The SMILES string of the molecule is CC[C@@H](C[C@H]1COC(N)=N1)c1ccc(NC(=O)Nc2ccc(C)cc2)cc1. The molecule has 27 heavy (non-hydrogen) atoms. The van der Waals surface area contributed by atoms with Crippen molar-refractivity contribution in [3.8, 4) is 0 Å². The molecule has 2 aromatic carbocycles. The van der Waals surface area contributed by atoms with Crippen LogP contribution in [0.15, 0.2) is 53.5 Å². The van der Waals surface area contributed by atoms with Gasteiger partial charge in [-0.2, -0.15) is 0 Å². The summed E-state index contributed by atoms with van der Waals surface area (Å²) in [4.78, 5) is 16.5. The van der Waals surface area contributed by atoms with Crippen LogP contribution in [0.3, 0.4) is 0 Å². The number of amidine groups is 1. The van der Waals surface area contributed by atoms with Crippen LogP contribution in [0.1, 0.15) is 36.8 Å². The minimum atomic E-state index is -0.258. The van der Waals surface area contributed by atoms with Gasteiger partial charge in [-0.05, 0) is 55.5 Å². The molecule has 0 saturated heterocycles. The lowest BCUT2D eigenvalue weighted by atomic mass is 9.90. The molecule has 6 nitrogen and oxygen atoms in total. The zero-order valence-corrected chi connectivity index (χ0v) is 15.7. The molecule has 1 heterocycles. The number of aryl methyl sites for hydroxylation is 1. The number of nitrogens with two attached hydrogens (primary N) is 1. The summed E-state index contributed by atoms with van der Waals surface area (Å²) in [6, 6.07) is 15.8. The van der Waals surface area contributed by atoms with E-state index in [0.717, 1.165) is 29.8 Å². The van der Waals surface area contributed by atoms with E-state index in [1.807, 2.05) is 43.3 Å². The van der Waals surface area contributed by atoms with E-state index in [4.69, 9.17) is 10.5 Å². The fourth-order valence-corrected chi connectivity index (χ4v) is 3.19. The molecule has 1 aliphatic heterocycles. The highest BCUT2D eigenvalue weighted by Crippen LogP contribution is 2.28. The fraction of sp³-hybridized carbons (Fsp3) is 0.333.